The van der Waals surface area contributed by atoms with Crippen molar-refractivity contribution >= 4 is 30.1 Å². The second kappa shape index (κ2) is 8.39. The molecule has 0 spiro atoms. The van der Waals surface area contributed by atoms with Crippen LogP contribution in [0.4, 0.5) is 0 Å². The predicted octanol–water partition coefficient (Wildman–Crippen LogP) is 2.02. The highest BCUT2D eigenvalue weighted by Gasteiger charge is 2.22. The molecule has 1 heterocycles. The molecule has 1 aliphatic rings. The number of phenolic OH excluding ortho intramolecular Hbond substituents is 1. The number of hydrogen-bond donors (Lipinski definition) is 3. The van der Waals surface area contributed by atoms with Gasteiger partial charge in [0, 0.05) is 10.9 Å². The number of phenols is 1. The first kappa shape index (κ1) is 17.1. The number of piperidine rings is 1. The van der Waals surface area contributed by atoms with Crippen LogP contribution in [-0.2, 0) is 4.79 Å². The van der Waals surface area contributed by atoms with E-state index >= 15 is 0 Å². The highest BCUT2D eigenvalue weighted by atomic mass is 35.5. The van der Waals surface area contributed by atoms with Crippen molar-refractivity contribution in [2.24, 2.45) is 5.92 Å². The molecule has 4 nitrogen and oxygen atoms in total. The minimum atomic E-state index is 0. The molecule has 0 aromatic heterocycles. The number of carbonyl (C=O) groups is 1. The van der Waals surface area contributed by atoms with Gasteiger partial charge in [-0.05, 0) is 49.7 Å². The molecular weight excluding hydrogens is 296 g/mol. The molecule has 0 radical (unpaired) electrons. The van der Waals surface area contributed by atoms with Gasteiger partial charge in [0.15, 0.2) is 0 Å². The third-order valence-corrected chi connectivity index (χ3v) is 4.35. The average molecular weight is 317 g/mol. The lowest BCUT2D eigenvalue weighted by molar-refractivity contribution is -0.119. The molecule has 2 unspecified atom stereocenters. The molecule has 1 saturated heterocycles. The molecule has 0 aliphatic carbocycles. The van der Waals surface area contributed by atoms with E-state index in [9.17, 15) is 9.90 Å². The van der Waals surface area contributed by atoms with Gasteiger partial charge < -0.3 is 15.7 Å². The summed E-state index contributed by atoms with van der Waals surface area (Å²) < 4.78 is 0. The molecule has 0 saturated carbocycles. The predicted molar refractivity (Wildman–Crippen MR) is 84.7 cm³/mol. The summed E-state index contributed by atoms with van der Waals surface area (Å²) in [6.07, 6.45) is 0.997. The summed E-state index contributed by atoms with van der Waals surface area (Å²) in [5.41, 5.74) is 0. The first-order chi connectivity index (χ1) is 9.15. The normalized spacial score (nSPS) is 21.9. The summed E-state index contributed by atoms with van der Waals surface area (Å²) in [4.78, 5) is 12.9. The van der Waals surface area contributed by atoms with E-state index in [1.807, 2.05) is 12.1 Å². The Kier molecular flexibility index (Phi) is 7.19. The second-order valence-corrected chi connectivity index (χ2v) is 5.98. The van der Waals surface area contributed by atoms with Crippen LogP contribution in [0.15, 0.2) is 29.2 Å². The standard InChI is InChI=1S/C14H20N2O2S.ClH/c1-10-8-15-7-6-13(10)16-14(18)9-19-12-4-2-11(17)3-5-12;/h2-5,10,13,15,17H,6-9H2,1H3,(H,16,18);1H. The van der Waals surface area contributed by atoms with E-state index < -0.39 is 0 Å². The molecule has 1 amide bonds. The molecule has 2 atom stereocenters. The fraction of sp³-hybridized carbons (Fsp3) is 0.500. The Morgan fingerprint density at radius 2 is 2.15 bits per heavy atom. The van der Waals surface area contributed by atoms with E-state index in [1.165, 1.54) is 11.8 Å². The number of amides is 1. The maximum absolute atomic E-state index is 11.9. The number of benzene rings is 1. The zero-order valence-electron chi connectivity index (χ0n) is 11.5. The summed E-state index contributed by atoms with van der Waals surface area (Å²) in [6, 6.07) is 7.19. The van der Waals surface area contributed by atoms with Crippen LogP contribution in [-0.4, -0.2) is 35.9 Å². The van der Waals surface area contributed by atoms with Crippen molar-refractivity contribution in [3.05, 3.63) is 24.3 Å². The molecule has 6 heteroatoms. The number of aromatic hydroxyl groups is 1. The van der Waals surface area contributed by atoms with Crippen molar-refractivity contribution in [1.82, 2.24) is 10.6 Å². The largest absolute Gasteiger partial charge is 0.508 e. The van der Waals surface area contributed by atoms with Gasteiger partial charge in [0.1, 0.15) is 5.75 Å². The molecule has 1 aromatic carbocycles. The Balaban J connectivity index is 0.00000200. The van der Waals surface area contributed by atoms with Crippen molar-refractivity contribution in [2.45, 2.75) is 24.3 Å². The Bertz CT molecular complexity index is 428. The SMILES string of the molecule is CC1CNCCC1NC(=O)CSc1ccc(O)cc1.Cl. The lowest BCUT2D eigenvalue weighted by Gasteiger charge is -2.30. The molecule has 2 rings (SSSR count). The van der Waals surface area contributed by atoms with Crippen molar-refractivity contribution in [3.63, 3.8) is 0 Å². The van der Waals surface area contributed by atoms with Crippen LogP contribution in [0.3, 0.4) is 0 Å². The number of rotatable bonds is 4. The number of nitrogens with one attached hydrogen (secondary N) is 2. The van der Waals surface area contributed by atoms with Gasteiger partial charge in [-0.15, -0.1) is 24.2 Å². The smallest absolute Gasteiger partial charge is 0.230 e. The average Bonchev–Trinajstić information content (AvgIpc) is 2.41. The monoisotopic (exact) mass is 316 g/mol. The number of carbonyl (C=O) groups excluding carboxylic acids is 1. The second-order valence-electron chi connectivity index (χ2n) is 4.93. The van der Waals surface area contributed by atoms with E-state index in [-0.39, 0.29) is 30.1 Å². The molecule has 20 heavy (non-hydrogen) atoms. The van der Waals surface area contributed by atoms with Gasteiger partial charge in [0.25, 0.3) is 0 Å². The zero-order chi connectivity index (χ0) is 13.7. The molecule has 1 fully saturated rings. The maximum atomic E-state index is 11.9. The topological polar surface area (TPSA) is 61.4 Å². The van der Waals surface area contributed by atoms with Gasteiger partial charge in [0.05, 0.1) is 5.75 Å². The quantitative estimate of drug-likeness (QED) is 0.744. The third-order valence-electron chi connectivity index (χ3n) is 3.34. The Hall–Kier alpha value is -0.910. The lowest BCUT2D eigenvalue weighted by atomic mass is 9.95. The highest BCUT2D eigenvalue weighted by Crippen LogP contribution is 2.20. The molecule has 1 aromatic rings. The van der Waals surface area contributed by atoms with Crippen LogP contribution in [0.2, 0.25) is 0 Å². The maximum Gasteiger partial charge on any atom is 0.230 e. The number of halogens is 1. The molecule has 112 valence electrons. The van der Waals surface area contributed by atoms with Crippen molar-refractivity contribution < 1.29 is 9.90 Å². The van der Waals surface area contributed by atoms with Crippen molar-refractivity contribution in [1.29, 1.82) is 0 Å². The Morgan fingerprint density at radius 1 is 1.45 bits per heavy atom. The number of hydrogen-bond acceptors (Lipinski definition) is 4. The minimum Gasteiger partial charge on any atom is -0.508 e. The van der Waals surface area contributed by atoms with Gasteiger partial charge in [0.2, 0.25) is 5.91 Å². The first-order valence-corrected chi connectivity index (χ1v) is 7.55. The van der Waals surface area contributed by atoms with Crippen LogP contribution in [0.5, 0.6) is 5.75 Å². The molecule has 3 N–H and O–H groups in total. The van der Waals surface area contributed by atoms with E-state index in [0.29, 0.717) is 11.7 Å². The Labute approximate surface area is 130 Å². The van der Waals surface area contributed by atoms with Crippen LogP contribution in [0, 0.1) is 5.92 Å². The zero-order valence-corrected chi connectivity index (χ0v) is 13.1. The third kappa shape index (κ3) is 5.23. The lowest BCUT2D eigenvalue weighted by Crippen LogP contribution is -2.48. The summed E-state index contributed by atoms with van der Waals surface area (Å²) in [5, 5.41) is 15.6. The highest BCUT2D eigenvalue weighted by molar-refractivity contribution is 8.00. The van der Waals surface area contributed by atoms with Crippen LogP contribution in [0.25, 0.3) is 0 Å². The molecule has 0 bridgehead atoms. The van der Waals surface area contributed by atoms with E-state index in [0.717, 1.165) is 24.4 Å². The van der Waals surface area contributed by atoms with Crippen molar-refractivity contribution in [2.75, 3.05) is 18.8 Å². The fourth-order valence-electron chi connectivity index (χ4n) is 2.17. The van der Waals surface area contributed by atoms with E-state index in [2.05, 4.69) is 17.6 Å². The summed E-state index contributed by atoms with van der Waals surface area (Å²) in [5.74, 6) is 1.23. The summed E-state index contributed by atoms with van der Waals surface area (Å²) in [6.45, 7) is 4.10. The van der Waals surface area contributed by atoms with E-state index in [4.69, 9.17) is 0 Å². The van der Waals surface area contributed by atoms with Gasteiger partial charge >= 0.3 is 0 Å². The summed E-state index contributed by atoms with van der Waals surface area (Å²) >= 11 is 1.49. The van der Waals surface area contributed by atoms with Crippen molar-refractivity contribution in [3.8, 4) is 5.75 Å². The molecule has 1 aliphatic heterocycles. The van der Waals surface area contributed by atoms with Gasteiger partial charge in [-0.1, -0.05) is 6.92 Å². The number of thioether (sulfide) groups is 1. The van der Waals surface area contributed by atoms with E-state index in [1.54, 1.807) is 12.1 Å². The van der Waals surface area contributed by atoms with Crippen LogP contribution < -0.4 is 10.6 Å². The minimum absolute atomic E-state index is 0. The van der Waals surface area contributed by atoms with Gasteiger partial charge in [-0.2, -0.15) is 0 Å². The first-order valence-electron chi connectivity index (χ1n) is 6.57. The fourth-order valence-corrected chi connectivity index (χ4v) is 2.88. The van der Waals surface area contributed by atoms with Crippen LogP contribution in [0.1, 0.15) is 13.3 Å². The van der Waals surface area contributed by atoms with Crippen LogP contribution >= 0.6 is 24.2 Å². The Morgan fingerprint density at radius 3 is 2.80 bits per heavy atom. The summed E-state index contributed by atoms with van der Waals surface area (Å²) in [7, 11) is 0. The van der Waals surface area contributed by atoms with Gasteiger partial charge in [-0.25, -0.2) is 0 Å². The van der Waals surface area contributed by atoms with Gasteiger partial charge in [-0.3, -0.25) is 4.79 Å². The molecular formula is C14H21ClN2O2S.